The van der Waals surface area contributed by atoms with Gasteiger partial charge in [0.1, 0.15) is 6.10 Å². The van der Waals surface area contributed by atoms with Crippen molar-refractivity contribution in [2.75, 3.05) is 6.61 Å². The summed E-state index contributed by atoms with van der Waals surface area (Å²) in [4.78, 5) is 10.2. The highest BCUT2D eigenvalue weighted by atomic mass is 16.6. The van der Waals surface area contributed by atoms with Crippen LogP contribution >= 0.6 is 0 Å². The number of hydrogen-bond acceptors (Lipinski definition) is 3. The smallest absolute Gasteiger partial charge is 0.404 e. The molecule has 58 valence electrons. The van der Waals surface area contributed by atoms with E-state index in [9.17, 15) is 4.79 Å². The molecule has 2 unspecified atom stereocenters. The van der Waals surface area contributed by atoms with Gasteiger partial charge in [-0.15, -0.1) is 0 Å². The third-order valence-corrected chi connectivity index (χ3v) is 1.85. The van der Waals surface area contributed by atoms with Crippen LogP contribution in [0, 0.1) is 5.92 Å². The molecule has 0 aliphatic heterocycles. The largest absolute Gasteiger partial charge is 0.446 e. The minimum atomic E-state index is -0.747. The molecule has 0 aromatic heterocycles. The van der Waals surface area contributed by atoms with E-state index in [0.717, 1.165) is 12.8 Å². The van der Waals surface area contributed by atoms with Gasteiger partial charge >= 0.3 is 6.09 Å². The Morgan fingerprint density at radius 3 is 2.70 bits per heavy atom. The predicted molar refractivity (Wildman–Crippen MR) is 34.3 cm³/mol. The van der Waals surface area contributed by atoms with Gasteiger partial charge in [-0.05, 0) is 12.8 Å². The van der Waals surface area contributed by atoms with Crippen molar-refractivity contribution in [2.24, 2.45) is 11.7 Å². The molecule has 4 heteroatoms. The number of nitrogens with two attached hydrogens (primary N) is 1. The van der Waals surface area contributed by atoms with Crippen LogP contribution in [-0.4, -0.2) is 23.9 Å². The lowest BCUT2D eigenvalue weighted by atomic mass is 9.82. The zero-order valence-electron chi connectivity index (χ0n) is 5.62. The molecule has 1 amide bonds. The number of amides is 1. The third-order valence-electron chi connectivity index (χ3n) is 1.85. The molecular weight excluding hydrogens is 134 g/mol. The van der Waals surface area contributed by atoms with Gasteiger partial charge in [0.15, 0.2) is 0 Å². The number of hydrogen-bond donors (Lipinski definition) is 2. The van der Waals surface area contributed by atoms with Crippen LogP contribution in [0.25, 0.3) is 0 Å². The van der Waals surface area contributed by atoms with E-state index in [1.165, 1.54) is 0 Å². The summed E-state index contributed by atoms with van der Waals surface area (Å²) in [6.07, 6.45) is 0.869. The lowest BCUT2D eigenvalue weighted by Gasteiger charge is -2.33. The van der Waals surface area contributed by atoms with Crippen LogP contribution in [0.4, 0.5) is 4.79 Å². The molecule has 0 bridgehead atoms. The monoisotopic (exact) mass is 145 g/mol. The highest BCUT2D eigenvalue weighted by Gasteiger charge is 2.32. The second-order valence-corrected chi connectivity index (χ2v) is 2.50. The van der Waals surface area contributed by atoms with Gasteiger partial charge in [0, 0.05) is 12.5 Å². The van der Waals surface area contributed by atoms with Crippen molar-refractivity contribution in [3.8, 4) is 0 Å². The molecule has 0 saturated heterocycles. The van der Waals surface area contributed by atoms with E-state index in [2.05, 4.69) is 4.74 Å². The average Bonchev–Trinajstić information content (AvgIpc) is 1.82. The summed E-state index contributed by atoms with van der Waals surface area (Å²) >= 11 is 0. The number of aliphatic hydroxyl groups excluding tert-OH is 1. The van der Waals surface area contributed by atoms with Gasteiger partial charge in [-0.1, -0.05) is 0 Å². The van der Waals surface area contributed by atoms with Crippen molar-refractivity contribution in [2.45, 2.75) is 18.9 Å². The van der Waals surface area contributed by atoms with E-state index < -0.39 is 6.09 Å². The van der Waals surface area contributed by atoms with E-state index in [4.69, 9.17) is 10.8 Å². The van der Waals surface area contributed by atoms with E-state index in [1.807, 2.05) is 0 Å². The van der Waals surface area contributed by atoms with Crippen LogP contribution in [0.3, 0.4) is 0 Å². The van der Waals surface area contributed by atoms with Crippen LogP contribution < -0.4 is 5.73 Å². The second-order valence-electron chi connectivity index (χ2n) is 2.50. The van der Waals surface area contributed by atoms with Crippen molar-refractivity contribution in [3.05, 3.63) is 0 Å². The number of carbonyl (C=O) groups excluding carboxylic acids is 1. The first kappa shape index (κ1) is 7.34. The summed E-state index contributed by atoms with van der Waals surface area (Å²) in [5.41, 5.74) is 4.78. The molecule has 1 rings (SSSR count). The Hall–Kier alpha value is -0.770. The van der Waals surface area contributed by atoms with Gasteiger partial charge < -0.3 is 15.6 Å². The SMILES string of the molecule is NC(=O)OC1CCC1CO. The summed E-state index contributed by atoms with van der Waals surface area (Å²) in [7, 11) is 0. The summed E-state index contributed by atoms with van der Waals surface area (Å²) in [6, 6.07) is 0. The molecule has 0 aromatic rings. The lowest BCUT2D eigenvalue weighted by Crippen LogP contribution is -2.39. The first-order valence-corrected chi connectivity index (χ1v) is 3.31. The fraction of sp³-hybridized carbons (Fsp3) is 0.833. The molecule has 0 aromatic carbocycles. The molecule has 0 heterocycles. The third kappa shape index (κ3) is 1.39. The van der Waals surface area contributed by atoms with E-state index in [0.29, 0.717) is 0 Å². The quantitative estimate of drug-likeness (QED) is 0.567. The molecule has 1 aliphatic carbocycles. The molecule has 0 radical (unpaired) electrons. The van der Waals surface area contributed by atoms with Gasteiger partial charge in [-0.25, -0.2) is 4.79 Å². The Kier molecular flexibility index (Phi) is 2.11. The second kappa shape index (κ2) is 2.88. The van der Waals surface area contributed by atoms with Crippen molar-refractivity contribution in [1.82, 2.24) is 0 Å². The molecule has 2 atom stereocenters. The van der Waals surface area contributed by atoms with Crippen molar-refractivity contribution in [1.29, 1.82) is 0 Å². The van der Waals surface area contributed by atoms with Crippen LogP contribution in [0.2, 0.25) is 0 Å². The molecule has 10 heavy (non-hydrogen) atoms. The number of rotatable bonds is 2. The fourth-order valence-corrected chi connectivity index (χ4v) is 1.05. The number of aliphatic hydroxyl groups is 1. The zero-order valence-corrected chi connectivity index (χ0v) is 5.62. The van der Waals surface area contributed by atoms with E-state index in [1.54, 1.807) is 0 Å². The highest BCUT2D eigenvalue weighted by molar-refractivity contribution is 5.64. The Balaban J connectivity index is 2.23. The molecular formula is C6H11NO3. The molecule has 4 nitrogen and oxygen atoms in total. The van der Waals surface area contributed by atoms with Gasteiger partial charge in [-0.3, -0.25) is 0 Å². The summed E-state index contributed by atoms with van der Waals surface area (Å²) in [5.74, 6) is 0.118. The minimum Gasteiger partial charge on any atom is -0.446 e. The van der Waals surface area contributed by atoms with E-state index >= 15 is 0 Å². The Bertz CT molecular complexity index is 135. The van der Waals surface area contributed by atoms with Crippen LogP contribution in [0.1, 0.15) is 12.8 Å². The van der Waals surface area contributed by atoms with Crippen molar-refractivity contribution >= 4 is 6.09 Å². The average molecular weight is 145 g/mol. The van der Waals surface area contributed by atoms with Crippen molar-refractivity contribution < 1.29 is 14.6 Å². The Morgan fingerprint density at radius 1 is 1.70 bits per heavy atom. The fourth-order valence-electron chi connectivity index (χ4n) is 1.05. The number of ether oxygens (including phenoxy) is 1. The Morgan fingerprint density at radius 2 is 2.40 bits per heavy atom. The van der Waals surface area contributed by atoms with Crippen LogP contribution in [0.15, 0.2) is 0 Å². The van der Waals surface area contributed by atoms with Crippen molar-refractivity contribution in [3.63, 3.8) is 0 Å². The van der Waals surface area contributed by atoms with Gasteiger partial charge in [-0.2, -0.15) is 0 Å². The van der Waals surface area contributed by atoms with Crippen LogP contribution in [0.5, 0.6) is 0 Å². The molecule has 0 spiro atoms. The summed E-state index contributed by atoms with van der Waals surface area (Å²) in [5, 5.41) is 8.64. The first-order valence-electron chi connectivity index (χ1n) is 3.31. The van der Waals surface area contributed by atoms with Gasteiger partial charge in [0.05, 0.1) is 0 Å². The van der Waals surface area contributed by atoms with Gasteiger partial charge in [0.2, 0.25) is 0 Å². The predicted octanol–water partition coefficient (Wildman–Crippen LogP) is -0.147. The molecule has 1 fully saturated rings. The maximum Gasteiger partial charge on any atom is 0.404 e. The number of primary amides is 1. The van der Waals surface area contributed by atoms with E-state index in [-0.39, 0.29) is 18.6 Å². The summed E-state index contributed by atoms with van der Waals surface area (Å²) < 4.78 is 4.67. The highest BCUT2D eigenvalue weighted by Crippen LogP contribution is 2.29. The first-order chi connectivity index (χ1) is 4.74. The molecule has 1 saturated carbocycles. The topological polar surface area (TPSA) is 72.6 Å². The summed E-state index contributed by atoms with van der Waals surface area (Å²) in [6.45, 7) is 0.0813. The Labute approximate surface area is 59.0 Å². The molecule has 1 aliphatic rings. The normalized spacial score (nSPS) is 30.9. The molecule has 3 N–H and O–H groups in total. The van der Waals surface area contributed by atoms with Crippen LogP contribution in [-0.2, 0) is 4.74 Å². The zero-order chi connectivity index (χ0) is 7.56. The number of carbonyl (C=O) groups is 1. The minimum absolute atomic E-state index is 0.0813. The lowest BCUT2D eigenvalue weighted by molar-refractivity contribution is -0.0180. The maximum atomic E-state index is 10.2. The standard InChI is InChI=1S/C6H11NO3/c7-6(9)10-5-2-1-4(5)3-8/h4-5,8H,1-3H2,(H2,7,9). The maximum absolute atomic E-state index is 10.2. The van der Waals surface area contributed by atoms with Gasteiger partial charge in [0.25, 0.3) is 0 Å².